The number of nitrogens with one attached hydrogen (secondary N) is 2. The summed E-state index contributed by atoms with van der Waals surface area (Å²) in [6, 6.07) is 15.5. The Labute approximate surface area is 268 Å². The molecule has 2 aliphatic heterocycles. The Hall–Kier alpha value is -3.83. The normalized spacial score (nSPS) is 28.6. The Morgan fingerprint density at radius 2 is 1.80 bits per heavy atom. The number of aliphatic hydroxyl groups excluding tert-OH is 1. The summed E-state index contributed by atoms with van der Waals surface area (Å²) in [6.07, 6.45) is 9.58. The number of amides is 2. The first-order valence-electron chi connectivity index (χ1n) is 16.3. The summed E-state index contributed by atoms with van der Waals surface area (Å²) < 4.78 is 24.9. The molecule has 3 unspecified atom stereocenters. The first-order valence-corrected chi connectivity index (χ1v) is 16.3. The van der Waals surface area contributed by atoms with Gasteiger partial charge in [0.25, 0.3) is 0 Å². The summed E-state index contributed by atoms with van der Waals surface area (Å²) >= 11 is 0. The van der Waals surface area contributed by atoms with Crippen LogP contribution in [-0.4, -0.2) is 78.9 Å². The van der Waals surface area contributed by atoms with Gasteiger partial charge in [0, 0.05) is 44.3 Å². The number of hydrogen-bond acceptors (Lipinski definition) is 8. The van der Waals surface area contributed by atoms with Crippen molar-refractivity contribution in [1.82, 2.24) is 10.6 Å². The number of ether oxygens (including phenoxy) is 4. The number of esters is 1. The maximum absolute atomic E-state index is 13.6. The summed E-state index contributed by atoms with van der Waals surface area (Å²) in [5.41, 5.74) is 4.06. The van der Waals surface area contributed by atoms with Crippen molar-refractivity contribution >= 4 is 23.9 Å². The van der Waals surface area contributed by atoms with Crippen LogP contribution < -0.4 is 10.6 Å². The molecule has 3 aliphatic carbocycles. The Morgan fingerprint density at radius 3 is 2.59 bits per heavy atom. The maximum Gasteiger partial charge on any atom is 0.338 e. The lowest BCUT2D eigenvalue weighted by molar-refractivity contribution is -0.172. The van der Waals surface area contributed by atoms with E-state index in [4.69, 9.17) is 24.1 Å². The van der Waals surface area contributed by atoms with E-state index in [1.54, 1.807) is 12.1 Å². The molecule has 0 bridgehead atoms. The van der Waals surface area contributed by atoms with E-state index >= 15 is 0 Å². The van der Waals surface area contributed by atoms with E-state index in [2.05, 4.69) is 34.9 Å². The van der Waals surface area contributed by atoms with Crippen molar-refractivity contribution in [3.8, 4) is 0 Å². The molecule has 7 rings (SSSR count). The number of allylic oxidation sites excluding steroid dienone is 1. The molecule has 6 atom stereocenters. The lowest BCUT2D eigenvalue weighted by Gasteiger charge is -2.30. The zero-order chi connectivity index (χ0) is 31.7. The molecule has 2 heterocycles. The van der Waals surface area contributed by atoms with Crippen LogP contribution in [0.2, 0.25) is 0 Å². The van der Waals surface area contributed by atoms with Crippen molar-refractivity contribution in [1.29, 1.82) is 0 Å². The van der Waals surface area contributed by atoms with Crippen molar-refractivity contribution in [2.24, 2.45) is 5.92 Å². The second-order valence-corrected chi connectivity index (χ2v) is 12.9. The standard InChI is InChI=1S/C36H40N2O8/c39-15-14-37-32(40)12-13-38-34(41)27-18-30(33-31(19-27)45-36(46-33)20-25-5-1-2-6-26(25)21-36)44-35(42)24-7-3-4-22(16-24)8-9-23-10-11-28-29(17-23)43-28/h1-9,16,19,23,28-31,33,39H,10-15,17-18,20-21H2,(H,37,40)(H,38,41)/t23?,28?,29?,30-,31-,33+/m1/s1. The van der Waals surface area contributed by atoms with Gasteiger partial charge in [0.1, 0.15) is 18.3 Å². The van der Waals surface area contributed by atoms with E-state index in [-0.39, 0.29) is 44.4 Å². The van der Waals surface area contributed by atoms with Gasteiger partial charge in [0.05, 0.1) is 24.4 Å². The van der Waals surface area contributed by atoms with Gasteiger partial charge in [-0.2, -0.15) is 0 Å². The fraction of sp³-hybridized carbons (Fsp3) is 0.472. The third kappa shape index (κ3) is 6.80. The molecule has 0 radical (unpaired) electrons. The zero-order valence-electron chi connectivity index (χ0n) is 25.7. The molecule has 1 spiro atoms. The number of aliphatic hydroxyl groups is 1. The SMILES string of the molecule is O=C(CCNC(=O)C1=C[C@H]2OC3(Cc4ccccc4C3)O[C@H]2[C@H](OC(=O)c2cccc(C=CC3CCC4OC4C3)c2)C1)NCCO. The van der Waals surface area contributed by atoms with Crippen molar-refractivity contribution in [2.45, 2.75) is 81.3 Å². The summed E-state index contributed by atoms with van der Waals surface area (Å²) in [5, 5.41) is 14.3. The van der Waals surface area contributed by atoms with E-state index in [0.717, 1.165) is 36.0 Å². The molecule has 3 fully saturated rings. The van der Waals surface area contributed by atoms with Crippen LogP contribution >= 0.6 is 0 Å². The molecule has 2 saturated heterocycles. The lowest BCUT2D eigenvalue weighted by atomic mass is 9.88. The molecule has 2 amide bonds. The Kier molecular flexibility index (Phi) is 8.78. The third-order valence-corrected chi connectivity index (χ3v) is 9.57. The molecule has 2 aromatic rings. The number of carbonyl (C=O) groups excluding carboxylic acids is 3. The van der Waals surface area contributed by atoms with Crippen molar-refractivity contribution in [2.75, 3.05) is 19.7 Å². The van der Waals surface area contributed by atoms with Crippen LogP contribution in [0.3, 0.4) is 0 Å². The molecular weight excluding hydrogens is 588 g/mol. The summed E-state index contributed by atoms with van der Waals surface area (Å²) in [5.74, 6) is -1.54. The minimum atomic E-state index is -0.897. The van der Waals surface area contributed by atoms with Crippen molar-refractivity contribution in [3.05, 3.63) is 88.5 Å². The van der Waals surface area contributed by atoms with Gasteiger partial charge in [-0.25, -0.2) is 4.79 Å². The van der Waals surface area contributed by atoms with Crippen LogP contribution in [0.15, 0.2) is 66.3 Å². The Bertz CT molecular complexity index is 1530. The van der Waals surface area contributed by atoms with Gasteiger partial charge in [-0.05, 0) is 60.1 Å². The van der Waals surface area contributed by atoms with Crippen molar-refractivity contribution in [3.63, 3.8) is 0 Å². The lowest BCUT2D eigenvalue weighted by Crippen LogP contribution is -2.44. The summed E-state index contributed by atoms with van der Waals surface area (Å²) in [6.45, 7) is 0.130. The fourth-order valence-electron chi connectivity index (χ4n) is 7.18. The molecule has 0 aromatic heterocycles. The van der Waals surface area contributed by atoms with Crippen LogP contribution in [0.5, 0.6) is 0 Å². The van der Waals surface area contributed by atoms with E-state index in [0.29, 0.717) is 42.1 Å². The first-order chi connectivity index (χ1) is 22.4. The predicted octanol–water partition coefficient (Wildman–Crippen LogP) is 3.02. The molecular formula is C36H40N2O8. The highest BCUT2D eigenvalue weighted by Gasteiger charge is 2.55. The quantitative estimate of drug-likeness (QED) is 0.270. The minimum Gasteiger partial charge on any atom is -0.456 e. The smallest absolute Gasteiger partial charge is 0.338 e. The maximum atomic E-state index is 13.6. The molecule has 5 aliphatic rings. The van der Waals surface area contributed by atoms with Gasteiger partial charge < -0.3 is 34.7 Å². The number of benzene rings is 2. The van der Waals surface area contributed by atoms with E-state index in [9.17, 15) is 14.4 Å². The van der Waals surface area contributed by atoms with Gasteiger partial charge in [0.2, 0.25) is 11.8 Å². The number of rotatable bonds is 10. The van der Waals surface area contributed by atoms with Crippen LogP contribution in [0.25, 0.3) is 6.08 Å². The van der Waals surface area contributed by atoms with E-state index < -0.39 is 30.1 Å². The Balaban J connectivity index is 1.05. The number of hydrogen-bond donors (Lipinski definition) is 3. The largest absolute Gasteiger partial charge is 0.456 e. The van der Waals surface area contributed by atoms with Gasteiger partial charge in [-0.1, -0.05) is 48.6 Å². The third-order valence-electron chi connectivity index (χ3n) is 9.57. The molecule has 10 nitrogen and oxygen atoms in total. The fourth-order valence-corrected chi connectivity index (χ4v) is 7.18. The van der Waals surface area contributed by atoms with Crippen LogP contribution in [0, 0.1) is 5.92 Å². The average molecular weight is 629 g/mol. The summed E-state index contributed by atoms with van der Waals surface area (Å²) in [4.78, 5) is 38.7. The zero-order valence-corrected chi connectivity index (χ0v) is 25.7. The number of carbonyl (C=O) groups is 3. The highest BCUT2D eigenvalue weighted by molar-refractivity contribution is 5.94. The predicted molar refractivity (Wildman–Crippen MR) is 167 cm³/mol. The van der Waals surface area contributed by atoms with Gasteiger partial charge in [-0.15, -0.1) is 0 Å². The monoisotopic (exact) mass is 628 g/mol. The Morgan fingerprint density at radius 1 is 0.978 bits per heavy atom. The number of fused-ring (bicyclic) bond motifs is 3. The average Bonchev–Trinajstić information content (AvgIpc) is 3.62. The minimum absolute atomic E-state index is 0.0743. The summed E-state index contributed by atoms with van der Waals surface area (Å²) in [7, 11) is 0. The molecule has 242 valence electrons. The second kappa shape index (κ2) is 13.1. The van der Waals surface area contributed by atoms with Crippen molar-refractivity contribution < 1.29 is 38.4 Å². The first kappa shape index (κ1) is 30.8. The van der Waals surface area contributed by atoms with E-state index in [1.807, 2.05) is 30.3 Å². The topological polar surface area (TPSA) is 136 Å². The number of epoxide rings is 1. The molecule has 2 aromatic carbocycles. The molecule has 10 heteroatoms. The highest BCUT2D eigenvalue weighted by atomic mass is 16.8. The van der Waals surface area contributed by atoms with Crippen LogP contribution in [0.1, 0.15) is 59.2 Å². The van der Waals surface area contributed by atoms with Crippen LogP contribution in [-0.2, 0) is 41.4 Å². The molecule has 46 heavy (non-hydrogen) atoms. The molecule has 3 N–H and O–H groups in total. The molecule has 1 saturated carbocycles. The van der Waals surface area contributed by atoms with Gasteiger partial charge in [0.15, 0.2) is 5.79 Å². The van der Waals surface area contributed by atoms with Crippen LogP contribution in [0.4, 0.5) is 0 Å². The highest BCUT2D eigenvalue weighted by Crippen LogP contribution is 2.45. The van der Waals surface area contributed by atoms with Gasteiger partial charge >= 0.3 is 5.97 Å². The second-order valence-electron chi connectivity index (χ2n) is 12.9. The van der Waals surface area contributed by atoms with E-state index in [1.165, 1.54) is 0 Å². The van der Waals surface area contributed by atoms with Gasteiger partial charge in [-0.3, -0.25) is 9.59 Å².